The first kappa shape index (κ1) is 18.7. The molecule has 0 aliphatic heterocycles. The van der Waals surface area contributed by atoms with Crippen molar-refractivity contribution in [1.29, 1.82) is 0 Å². The Morgan fingerprint density at radius 1 is 1.11 bits per heavy atom. The first-order valence-corrected chi connectivity index (χ1v) is 10.3. The quantitative estimate of drug-likeness (QED) is 0.551. The Hall–Kier alpha value is -2.64. The van der Waals surface area contributed by atoms with Crippen molar-refractivity contribution >= 4 is 40.9 Å². The maximum Gasteiger partial charge on any atom is 0.258 e. The standard InChI is InChI=1S/C20H18ClN5OS/c21-13-3-5-14(6-4-13)24-18(27)17-2-1-10-22-19(17)28-12-16-9-11-23-20(26-16)25-15-7-8-15/h1-6,9-11,15H,7-8,12H2,(H,24,27)(H,23,25,26). The molecule has 1 aliphatic rings. The number of thioether (sulfide) groups is 1. The van der Waals surface area contributed by atoms with Crippen LogP contribution in [0.25, 0.3) is 0 Å². The summed E-state index contributed by atoms with van der Waals surface area (Å²) >= 11 is 7.36. The van der Waals surface area contributed by atoms with E-state index in [1.165, 1.54) is 24.6 Å². The second-order valence-corrected chi connectivity index (χ2v) is 7.80. The van der Waals surface area contributed by atoms with Crippen molar-refractivity contribution < 1.29 is 4.79 Å². The lowest BCUT2D eigenvalue weighted by Crippen LogP contribution is -2.13. The molecule has 1 aromatic carbocycles. The smallest absolute Gasteiger partial charge is 0.258 e. The number of rotatable bonds is 7. The number of hydrogen-bond acceptors (Lipinski definition) is 6. The van der Waals surface area contributed by atoms with Crippen LogP contribution in [0.1, 0.15) is 28.9 Å². The van der Waals surface area contributed by atoms with Crippen molar-refractivity contribution in [3.8, 4) is 0 Å². The van der Waals surface area contributed by atoms with E-state index in [1.807, 2.05) is 6.07 Å². The average Bonchev–Trinajstić information content (AvgIpc) is 3.53. The van der Waals surface area contributed by atoms with Crippen molar-refractivity contribution in [2.24, 2.45) is 0 Å². The molecule has 8 heteroatoms. The Morgan fingerprint density at radius 3 is 2.71 bits per heavy atom. The van der Waals surface area contributed by atoms with E-state index in [0.717, 1.165) is 5.69 Å². The number of hydrogen-bond donors (Lipinski definition) is 2. The third kappa shape index (κ3) is 4.99. The van der Waals surface area contributed by atoms with Crippen LogP contribution in [0.2, 0.25) is 5.02 Å². The highest BCUT2D eigenvalue weighted by Gasteiger charge is 2.22. The van der Waals surface area contributed by atoms with Gasteiger partial charge in [0, 0.05) is 34.9 Å². The summed E-state index contributed by atoms with van der Waals surface area (Å²) in [5, 5.41) is 7.45. The molecule has 0 radical (unpaired) electrons. The summed E-state index contributed by atoms with van der Waals surface area (Å²) in [6, 6.07) is 12.9. The van der Waals surface area contributed by atoms with Crippen LogP contribution in [0.4, 0.5) is 11.6 Å². The molecular weight excluding hydrogens is 394 g/mol. The average molecular weight is 412 g/mol. The topological polar surface area (TPSA) is 79.8 Å². The molecular formula is C20H18ClN5OS. The summed E-state index contributed by atoms with van der Waals surface area (Å²) in [5.41, 5.74) is 2.09. The Kier molecular flexibility index (Phi) is 5.73. The van der Waals surface area contributed by atoms with Gasteiger partial charge < -0.3 is 10.6 Å². The largest absolute Gasteiger partial charge is 0.351 e. The Bertz CT molecular complexity index is 978. The first-order valence-electron chi connectivity index (χ1n) is 8.90. The third-order valence-electron chi connectivity index (χ3n) is 4.10. The van der Waals surface area contributed by atoms with Gasteiger partial charge in [0.2, 0.25) is 5.95 Å². The highest BCUT2D eigenvalue weighted by Crippen LogP contribution is 2.26. The van der Waals surface area contributed by atoms with Crippen molar-refractivity contribution in [1.82, 2.24) is 15.0 Å². The second-order valence-electron chi connectivity index (χ2n) is 6.40. The molecule has 2 heterocycles. The molecule has 6 nitrogen and oxygen atoms in total. The van der Waals surface area contributed by atoms with Gasteiger partial charge in [-0.1, -0.05) is 23.4 Å². The molecule has 0 saturated heterocycles. The fourth-order valence-electron chi connectivity index (χ4n) is 2.51. The number of aromatic nitrogens is 3. The first-order chi connectivity index (χ1) is 13.7. The second kappa shape index (κ2) is 8.58. The Balaban J connectivity index is 1.43. The summed E-state index contributed by atoms with van der Waals surface area (Å²) in [6.45, 7) is 0. The van der Waals surface area contributed by atoms with Gasteiger partial charge in [0.15, 0.2) is 0 Å². The van der Waals surface area contributed by atoms with E-state index in [0.29, 0.717) is 39.0 Å². The molecule has 28 heavy (non-hydrogen) atoms. The number of carbonyl (C=O) groups is 1. The van der Waals surface area contributed by atoms with Crippen LogP contribution in [0, 0.1) is 0 Å². The fourth-order valence-corrected chi connectivity index (χ4v) is 3.53. The number of amides is 1. The molecule has 1 fully saturated rings. The van der Waals surface area contributed by atoms with Crippen molar-refractivity contribution in [3.05, 3.63) is 71.1 Å². The lowest BCUT2D eigenvalue weighted by Gasteiger charge is -2.09. The number of carbonyl (C=O) groups excluding carboxylic acids is 1. The minimum Gasteiger partial charge on any atom is -0.351 e. The van der Waals surface area contributed by atoms with Gasteiger partial charge in [0.1, 0.15) is 5.03 Å². The predicted molar refractivity (Wildman–Crippen MR) is 112 cm³/mol. The molecule has 2 N–H and O–H groups in total. The van der Waals surface area contributed by atoms with Crippen LogP contribution >= 0.6 is 23.4 Å². The Labute approximate surface area is 172 Å². The molecule has 3 aromatic rings. The van der Waals surface area contributed by atoms with Crippen molar-refractivity contribution in [3.63, 3.8) is 0 Å². The molecule has 4 rings (SSSR count). The van der Waals surface area contributed by atoms with Gasteiger partial charge in [0.05, 0.1) is 11.3 Å². The van der Waals surface area contributed by atoms with Gasteiger partial charge in [-0.2, -0.15) is 0 Å². The lowest BCUT2D eigenvalue weighted by atomic mass is 10.2. The molecule has 0 bridgehead atoms. The van der Waals surface area contributed by atoms with E-state index in [4.69, 9.17) is 11.6 Å². The molecule has 1 amide bonds. The number of anilines is 2. The van der Waals surface area contributed by atoms with E-state index < -0.39 is 0 Å². The van der Waals surface area contributed by atoms with Gasteiger partial charge in [-0.3, -0.25) is 4.79 Å². The van der Waals surface area contributed by atoms with Gasteiger partial charge >= 0.3 is 0 Å². The van der Waals surface area contributed by atoms with E-state index in [-0.39, 0.29) is 5.91 Å². The summed E-state index contributed by atoms with van der Waals surface area (Å²) in [7, 11) is 0. The van der Waals surface area contributed by atoms with Crippen molar-refractivity contribution in [2.75, 3.05) is 10.6 Å². The SMILES string of the molecule is O=C(Nc1ccc(Cl)cc1)c1cccnc1SCc1ccnc(NC2CC2)n1. The van der Waals surface area contributed by atoms with Crippen LogP contribution in [0.3, 0.4) is 0 Å². The highest BCUT2D eigenvalue weighted by molar-refractivity contribution is 7.98. The lowest BCUT2D eigenvalue weighted by molar-refractivity contribution is 0.102. The van der Waals surface area contributed by atoms with E-state index in [2.05, 4.69) is 25.6 Å². The van der Waals surface area contributed by atoms with Gasteiger partial charge in [0.25, 0.3) is 5.91 Å². The molecule has 0 unspecified atom stereocenters. The summed E-state index contributed by atoms with van der Waals surface area (Å²) < 4.78 is 0. The molecule has 1 saturated carbocycles. The monoisotopic (exact) mass is 411 g/mol. The summed E-state index contributed by atoms with van der Waals surface area (Å²) in [5.74, 6) is 1.04. The van der Waals surface area contributed by atoms with Crippen LogP contribution in [-0.4, -0.2) is 26.9 Å². The maximum atomic E-state index is 12.7. The molecule has 0 atom stereocenters. The van der Waals surface area contributed by atoms with Gasteiger partial charge in [-0.15, -0.1) is 0 Å². The van der Waals surface area contributed by atoms with E-state index in [9.17, 15) is 4.79 Å². The van der Waals surface area contributed by atoms with Gasteiger partial charge in [-0.25, -0.2) is 15.0 Å². The number of pyridine rings is 1. The Morgan fingerprint density at radius 2 is 1.93 bits per heavy atom. The number of nitrogens with zero attached hydrogens (tertiary/aromatic N) is 3. The fraction of sp³-hybridized carbons (Fsp3) is 0.200. The zero-order valence-corrected chi connectivity index (χ0v) is 16.5. The highest BCUT2D eigenvalue weighted by atomic mass is 35.5. The summed E-state index contributed by atoms with van der Waals surface area (Å²) in [6.07, 6.45) is 5.77. The maximum absolute atomic E-state index is 12.7. The molecule has 1 aliphatic carbocycles. The minimum absolute atomic E-state index is 0.211. The molecule has 142 valence electrons. The van der Waals surface area contributed by atoms with Crippen LogP contribution in [0.5, 0.6) is 0 Å². The van der Waals surface area contributed by atoms with E-state index >= 15 is 0 Å². The predicted octanol–water partition coefficient (Wildman–Crippen LogP) is 4.64. The van der Waals surface area contributed by atoms with Crippen LogP contribution < -0.4 is 10.6 Å². The summed E-state index contributed by atoms with van der Waals surface area (Å²) in [4.78, 5) is 25.8. The zero-order chi connectivity index (χ0) is 19.3. The van der Waals surface area contributed by atoms with Crippen LogP contribution in [-0.2, 0) is 5.75 Å². The van der Waals surface area contributed by atoms with Crippen LogP contribution in [0.15, 0.2) is 59.9 Å². The van der Waals surface area contributed by atoms with E-state index in [1.54, 1.807) is 48.8 Å². The molecule has 2 aromatic heterocycles. The number of nitrogens with one attached hydrogen (secondary N) is 2. The van der Waals surface area contributed by atoms with Gasteiger partial charge in [-0.05, 0) is 55.3 Å². The number of benzene rings is 1. The normalized spacial score (nSPS) is 13.2. The molecule has 0 spiro atoms. The number of halogens is 1. The van der Waals surface area contributed by atoms with Crippen molar-refractivity contribution in [2.45, 2.75) is 29.7 Å². The zero-order valence-electron chi connectivity index (χ0n) is 14.9. The minimum atomic E-state index is -0.211. The third-order valence-corrected chi connectivity index (χ3v) is 5.39.